The average molecular weight is 409 g/mol. The highest BCUT2D eigenvalue weighted by Crippen LogP contribution is 2.21. The number of benzene rings is 3. The maximum atomic E-state index is 12.4. The highest BCUT2D eigenvalue weighted by Gasteiger charge is 2.10. The zero-order valence-corrected chi connectivity index (χ0v) is 16.9. The van der Waals surface area contributed by atoms with E-state index in [1.807, 2.05) is 32.0 Å². The van der Waals surface area contributed by atoms with Crippen molar-refractivity contribution in [2.75, 3.05) is 17.2 Å². The molecule has 0 aliphatic heterocycles. The largest absolute Gasteiger partial charge is 0.484 e. The number of carbonyl (C=O) groups is 2. The van der Waals surface area contributed by atoms with Crippen molar-refractivity contribution in [2.24, 2.45) is 0 Å². The van der Waals surface area contributed by atoms with Crippen LogP contribution in [0.3, 0.4) is 0 Å². The van der Waals surface area contributed by atoms with Gasteiger partial charge >= 0.3 is 0 Å². The van der Waals surface area contributed by atoms with E-state index in [4.69, 9.17) is 16.3 Å². The number of anilines is 2. The average Bonchev–Trinajstić information content (AvgIpc) is 2.70. The van der Waals surface area contributed by atoms with Gasteiger partial charge in [0.2, 0.25) is 0 Å². The van der Waals surface area contributed by atoms with Crippen molar-refractivity contribution in [3.8, 4) is 5.75 Å². The van der Waals surface area contributed by atoms with E-state index < -0.39 is 0 Å². The van der Waals surface area contributed by atoms with Crippen LogP contribution < -0.4 is 15.4 Å². The topological polar surface area (TPSA) is 67.4 Å². The molecule has 0 radical (unpaired) electrons. The summed E-state index contributed by atoms with van der Waals surface area (Å²) in [6.07, 6.45) is 0. The second-order valence-corrected chi connectivity index (χ2v) is 7.02. The van der Waals surface area contributed by atoms with Crippen molar-refractivity contribution in [1.29, 1.82) is 0 Å². The monoisotopic (exact) mass is 408 g/mol. The summed E-state index contributed by atoms with van der Waals surface area (Å²) >= 11 is 6.01. The molecule has 148 valence electrons. The molecule has 0 saturated heterocycles. The molecule has 0 heterocycles. The lowest BCUT2D eigenvalue weighted by molar-refractivity contribution is -0.118. The second-order valence-electron chi connectivity index (χ2n) is 6.61. The molecule has 0 aromatic heterocycles. The maximum absolute atomic E-state index is 12.4. The number of hydrogen-bond donors (Lipinski definition) is 2. The van der Waals surface area contributed by atoms with Crippen LogP contribution in [0.5, 0.6) is 5.75 Å². The summed E-state index contributed by atoms with van der Waals surface area (Å²) in [6, 6.07) is 19.4. The van der Waals surface area contributed by atoms with Crippen molar-refractivity contribution in [1.82, 2.24) is 0 Å². The molecular formula is C23H21ClN2O3. The van der Waals surface area contributed by atoms with Gasteiger partial charge in [-0.05, 0) is 61.9 Å². The van der Waals surface area contributed by atoms with Crippen molar-refractivity contribution >= 4 is 34.8 Å². The molecule has 0 fully saturated rings. The molecule has 29 heavy (non-hydrogen) atoms. The molecule has 0 aliphatic carbocycles. The zero-order chi connectivity index (χ0) is 20.8. The van der Waals surface area contributed by atoms with Gasteiger partial charge in [0.1, 0.15) is 5.75 Å². The summed E-state index contributed by atoms with van der Waals surface area (Å²) in [7, 11) is 0. The third-order valence-corrected chi connectivity index (χ3v) is 4.59. The van der Waals surface area contributed by atoms with Gasteiger partial charge in [-0.1, -0.05) is 41.4 Å². The van der Waals surface area contributed by atoms with Gasteiger partial charge < -0.3 is 15.4 Å². The third kappa shape index (κ3) is 5.59. The molecule has 3 aromatic carbocycles. The molecule has 2 N–H and O–H groups in total. The van der Waals surface area contributed by atoms with E-state index >= 15 is 0 Å². The molecule has 0 spiro atoms. The minimum atomic E-state index is -0.324. The molecule has 0 unspecified atom stereocenters. The summed E-state index contributed by atoms with van der Waals surface area (Å²) in [5, 5.41) is 6.04. The van der Waals surface area contributed by atoms with Crippen LogP contribution in [0.25, 0.3) is 0 Å². The van der Waals surface area contributed by atoms with E-state index in [2.05, 4.69) is 10.6 Å². The minimum Gasteiger partial charge on any atom is -0.484 e. The van der Waals surface area contributed by atoms with E-state index in [1.165, 1.54) is 0 Å². The fourth-order valence-electron chi connectivity index (χ4n) is 2.75. The van der Waals surface area contributed by atoms with Gasteiger partial charge in [0.15, 0.2) is 6.61 Å². The number of amides is 2. The van der Waals surface area contributed by atoms with Crippen LogP contribution in [0.15, 0.2) is 66.7 Å². The van der Waals surface area contributed by atoms with Crippen molar-refractivity contribution < 1.29 is 14.3 Å². The highest BCUT2D eigenvalue weighted by atomic mass is 35.5. The van der Waals surface area contributed by atoms with E-state index in [0.29, 0.717) is 22.0 Å². The quantitative estimate of drug-likeness (QED) is 0.587. The molecule has 0 bridgehead atoms. The molecule has 0 saturated carbocycles. The second kappa shape index (κ2) is 9.26. The summed E-state index contributed by atoms with van der Waals surface area (Å²) in [5.41, 5.74) is 3.94. The summed E-state index contributed by atoms with van der Waals surface area (Å²) < 4.78 is 5.48. The Hall–Kier alpha value is -3.31. The van der Waals surface area contributed by atoms with Crippen molar-refractivity contribution in [3.63, 3.8) is 0 Å². The number of ether oxygens (including phenoxy) is 1. The predicted molar refractivity (Wildman–Crippen MR) is 116 cm³/mol. The number of halogens is 1. The van der Waals surface area contributed by atoms with Gasteiger partial charge in [0.25, 0.3) is 11.8 Å². The molecule has 0 atom stereocenters. The number of para-hydroxylation sites is 1. The molecule has 6 heteroatoms. The van der Waals surface area contributed by atoms with Crippen molar-refractivity contribution in [3.05, 3.63) is 88.4 Å². The standard InChI is InChI=1S/C23H21ClN2O3/c1-15-7-12-20(16(2)13-15)26-23(28)17-8-10-18(11-9-17)29-14-22(27)25-21-6-4-3-5-19(21)24/h3-13H,14H2,1-2H3,(H,25,27)(H,26,28). The Balaban J connectivity index is 1.55. The fourth-order valence-corrected chi connectivity index (χ4v) is 2.93. The van der Waals surface area contributed by atoms with E-state index in [1.54, 1.807) is 48.5 Å². The first kappa shape index (κ1) is 20.4. The van der Waals surface area contributed by atoms with Crippen LogP contribution >= 0.6 is 11.6 Å². The number of nitrogens with one attached hydrogen (secondary N) is 2. The number of carbonyl (C=O) groups excluding carboxylic acids is 2. The minimum absolute atomic E-state index is 0.167. The van der Waals surface area contributed by atoms with Crippen LogP contribution in [0.4, 0.5) is 11.4 Å². The Labute approximate surface area is 174 Å². The van der Waals surface area contributed by atoms with Crippen LogP contribution in [0, 0.1) is 13.8 Å². The highest BCUT2D eigenvalue weighted by molar-refractivity contribution is 6.33. The smallest absolute Gasteiger partial charge is 0.262 e. The van der Waals surface area contributed by atoms with E-state index in [9.17, 15) is 9.59 Å². The van der Waals surface area contributed by atoms with Gasteiger partial charge in [-0.2, -0.15) is 0 Å². The van der Waals surface area contributed by atoms with Crippen LogP contribution in [0.1, 0.15) is 21.5 Å². The van der Waals surface area contributed by atoms with Gasteiger partial charge in [-0.25, -0.2) is 0 Å². The maximum Gasteiger partial charge on any atom is 0.262 e. The summed E-state index contributed by atoms with van der Waals surface area (Å²) in [5.74, 6) is -0.0443. The van der Waals surface area contributed by atoms with Crippen LogP contribution in [-0.2, 0) is 4.79 Å². The van der Waals surface area contributed by atoms with Gasteiger partial charge in [-0.3, -0.25) is 9.59 Å². The first-order chi connectivity index (χ1) is 13.9. The molecule has 3 aromatic rings. The van der Waals surface area contributed by atoms with Crippen LogP contribution in [-0.4, -0.2) is 18.4 Å². The Morgan fingerprint density at radius 2 is 1.62 bits per heavy atom. The van der Waals surface area contributed by atoms with Crippen molar-refractivity contribution in [2.45, 2.75) is 13.8 Å². The Bertz CT molecular complexity index is 1030. The number of rotatable bonds is 6. The lowest BCUT2D eigenvalue weighted by atomic mass is 10.1. The third-order valence-electron chi connectivity index (χ3n) is 4.26. The predicted octanol–water partition coefficient (Wildman–Crippen LogP) is 5.23. The van der Waals surface area contributed by atoms with E-state index in [0.717, 1.165) is 16.8 Å². The molecule has 2 amide bonds. The Morgan fingerprint density at radius 3 is 2.31 bits per heavy atom. The van der Waals surface area contributed by atoms with E-state index in [-0.39, 0.29) is 18.4 Å². The summed E-state index contributed by atoms with van der Waals surface area (Å²) in [6.45, 7) is 3.79. The first-order valence-electron chi connectivity index (χ1n) is 9.08. The molecule has 3 rings (SSSR count). The van der Waals surface area contributed by atoms with Gasteiger partial charge in [-0.15, -0.1) is 0 Å². The molecule has 5 nitrogen and oxygen atoms in total. The normalized spacial score (nSPS) is 10.3. The zero-order valence-electron chi connectivity index (χ0n) is 16.2. The Morgan fingerprint density at radius 1 is 0.897 bits per heavy atom. The first-order valence-corrected chi connectivity index (χ1v) is 9.46. The fraction of sp³-hybridized carbons (Fsp3) is 0.130. The summed E-state index contributed by atoms with van der Waals surface area (Å²) in [4.78, 5) is 24.4. The Kier molecular flexibility index (Phi) is 6.52. The molecule has 0 aliphatic rings. The van der Waals surface area contributed by atoms with Gasteiger partial charge in [0.05, 0.1) is 10.7 Å². The van der Waals surface area contributed by atoms with Crippen LogP contribution in [0.2, 0.25) is 5.02 Å². The lowest BCUT2D eigenvalue weighted by Gasteiger charge is -2.10. The molecular weight excluding hydrogens is 388 g/mol. The number of aryl methyl sites for hydroxylation is 2. The lowest BCUT2D eigenvalue weighted by Crippen LogP contribution is -2.20. The number of hydrogen-bond acceptors (Lipinski definition) is 3. The van der Waals surface area contributed by atoms with Gasteiger partial charge in [0, 0.05) is 11.3 Å². The SMILES string of the molecule is Cc1ccc(NC(=O)c2ccc(OCC(=O)Nc3ccccc3Cl)cc2)c(C)c1.